The van der Waals surface area contributed by atoms with Crippen LogP contribution in [-0.4, -0.2) is 23.6 Å². The van der Waals surface area contributed by atoms with E-state index in [1.807, 2.05) is 19.1 Å². The first-order chi connectivity index (χ1) is 9.63. The van der Waals surface area contributed by atoms with E-state index in [1.165, 1.54) is 0 Å². The topological polar surface area (TPSA) is 47.0 Å². The summed E-state index contributed by atoms with van der Waals surface area (Å²) in [5.74, 6) is 1.35. The lowest BCUT2D eigenvalue weighted by Crippen LogP contribution is -2.05. The first-order valence-electron chi connectivity index (χ1n) is 6.20. The molecule has 1 N–H and O–H groups in total. The zero-order valence-electron chi connectivity index (χ0n) is 11.3. The van der Waals surface area contributed by atoms with Crippen LogP contribution in [-0.2, 0) is 11.3 Å². The number of nitrogens with zero attached hydrogens (tertiary/aromatic N) is 2. The van der Waals surface area contributed by atoms with Gasteiger partial charge in [0.05, 0.1) is 10.7 Å². The maximum atomic E-state index is 6.23. The molecule has 0 radical (unpaired) electrons. The van der Waals surface area contributed by atoms with E-state index < -0.39 is 0 Å². The van der Waals surface area contributed by atoms with Crippen molar-refractivity contribution in [2.24, 2.45) is 0 Å². The zero-order chi connectivity index (χ0) is 14.5. The number of halogens is 2. The molecule has 0 aliphatic carbocycles. The highest BCUT2D eigenvalue weighted by atomic mass is 35.5. The van der Waals surface area contributed by atoms with Crippen molar-refractivity contribution in [3.05, 3.63) is 40.1 Å². The summed E-state index contributed by atoms with van der Waals surface area (Å²) in [4.78, 5) is 8.83. The third-order valence-corrected chi connectivity index (χ3v) is 3.16. The van der Waals surface area contributed by atoms with Crippen LogP contribution < -0.4 is 5.32 Å². The minimum absolute atomic E-state index is 0.345. The molecular formula is C14H15Cl2N3O. The lowest BCUT2D eigenvalue weighted by Gasteiger charge is -2.10. The first kappa shape index (κ1) is 15.0. The molecule has 1 heterocycles. The third-order valence-electron chi connectivity index (χ3n) is 2.61. The largest absolute Gasteiger partial charge is 0.377 e. The standard InChI is InChI=1S/C14H15Cl2N3O/c1-3-17-13-7-12(18-14(19-13)8-20-2)10-5-4-9(15)6-11(10)16/h4-7H,3,8H2,1-2H3,(H,17,18,19). The summed E-state index contributed by atoms with van der Waals surface area (Å²) in [7, 11) is 1.61. The van der Waals surface area contributed by atoms with E-state index in [0.29, 0.717) is 22.5 Å². The van der Waals surface area contributed by atoms with Gasteiger partial charge in [-0.15, -0.1) is 0 Å². The summed E-state index contributed by atoms with van der Waals surface area (Å²) in [6.07, 6.45) is 0. The van der Waals surface area contributed by atoms with Gasteiger partial charge in [-0.25, -0.2) is 9.97 Å². The van der Waals surface area contributed by atoms with Crippen LogP contribution in [0.2, 0.25) is 10.0 Å². The number of ether oxygens (including phenoxy) is 1. The smallest absolute Gasteiger partial charge is 0.157 e. The monoisotopic (exact) mass is 311 g/mol. The minimum Gasteiger partial charge on any atom is -0.377 e. The van der Waals surface area contributed by atoms with Gasteiger partial charge < -0.3 is 10.1 Å². The molecule has 106 valence electrons. The SMILES string of the molecule is CCNc1cc(-c2ccc(Cl)cc2Cl)nc(COC)n1. The zero-order valence-corrected chi connectivity index (χ0v) is 12.8. The van der Waals surface area contributed by atoms with Crippen molar-refractivity contribution < 1.29 is 4.74 Å². The van der Waals surface area contributed by atoms with E-state index >= 15 is 0 Å². The van der Waals surface area contributed by atoms with Crippen molar-refractivity contribution in [3.63, 3.8) is 0 Å². The summed E-state index contributed by atoms with van der Waals surface area (Å²) >= 11 is 12.1. The number of benzene rings is 1. The van der Waals surface area contributed by atoms with Crippen molar-refractivity contribution in [1.82, 2.24) is 9.97 Å². The Morgan fingerprint density at radius 3 is 2.65 bits per heavy atom. The Morgan fingerprint density at radius 1 is 1.20 bits per heavy atom. The second kappa shape index (κ2) is 6.88. The molecule has 0 unspecified atom stereocenters. The molecule has 2 aromatic rings. The summed E-state index contributed by atoms with van der Waals surface area (Å²) in [6, 6.07) is 7.19. The van der Waals surface area contributed by atoms with E-state index in [-0.39, 0.29) is 0 Å². The first-order valence-corrected chi connectivity index (χ1v) is 6.95. The molecule has 0 aliphatic rings. The number of methoxy groups -OCH3 is 1. The molecule has 0 spiro atoms. The fourth-order valence-electron chi connectivity index (χ4n) is 1.80. The molecule has 1 aromatic carbocycles. The number of aromatic nitrogens is 2. The highest BCUT2D eigenvalue weighted by molar-refractivity contribution is 6.36. The van der Waals surface area contributed by atoms with Crippen LogP contribution in [0.25, 0.3) is 11.3 Å². The average molecular weight is 312 g/mol. The van der Waals surface area contributed by atoms with E-state index in [9.17, 15) is 0 Å². The predicted molar refractivity (Wildman–Crippen MR) is 82.4 cm³/mol. The lowest BCUT2D eigenvalue weighted by atomic mass is 10.1. The molecule has 0 atom stereocenters. The Morgan fingerprint density at radius 2 is 2.00 bits per heavy atom. The third kappa shape index (κ3) is 3.60. The molecule has 0 saturated heterocycles. The number of hydrogen-bond acceptors (Lipinski definition) is 4. The number of rotatable bonds is 5. The average Bonchev–Trinajstić information content (AvgIpc) is 2.39. The fourth-order valence-corrected chi connectivity index (χ4v) is 2.30. The van der Waals surface area contributed by atoms with Gasteiger partial charge in [-0.3, -0.25) is 0 Å². The van der Waals surface area contributed by atoms with Crippen molar-refractivity contribution in [1.29, 1.82) is 0 Å². The van der Waals surface area contributed by atoms with E-state index in [0.717, 1.165) is 23.6 Å². The number of nitrogens with one attached hydrogen (secondary N) is 1. The summed E-state index contributed by atoms with van der Waals surface area (Å²) in [5, 5.41) is 4.32. The second-order valence-corrected chi connectivity index (χ2v) is 4.99. The van der Waals surface area contributed by atoms with E-state index in [4.69, 9.17) is 27.9 Å². The fraction of sp³-hybridized carbons (Fsp3) is 0.286. The molecule has 0 fully saturated rings. The molecule has 0 bridgehead atoms. The van der Waals surface area contributed by atoms with Crippen LogP contribution in [0.5, 0.6) is 0 Å². The lowest BCUT2D eigenvalue weighted by molar-refractivity contribution is 0.178. The number of hydrogen-bond donors (Lipinski definition) is 1. The quantitative estimate of drug-likeness (QED) is 0.905. The Kier molecular flexibility index (Phi) is 5.17. The number of anilines is 1. The molecule has 0 saturated carbocycles. The molecule has 4 nitrogen and oxygen atoms in total. The van der Waals surface area contributed by atoms with Gasteiger partial charge in [0.1, 0.15) is 12.4 Å². The van der Waals surface area contributed by atoms with Gasteiger partial charge in [0, 0.05) is 30.3 Å². The maximum absolute atomic E-state index is 6.23. The van der Waals surface area contributed by atoms with Gasteiger partial charge in [0.15, 0.2) is 5.82 Å². The molecular weight excluding hydrogens is 297 g/mol. The van der Waals surface area contributed by atoms with E-state index in [1.54, 1.807) is 19.2 Å². The minimum atomic E-state index is 0.345. The highest BCUT2D eigenvalue weighted by Gasteiger charge is 2.10. The van der Waals surface area contributed by atoms with E-state index in [2.05, 4.69) is 15.3 Å². The molecule has 2 rings (SSSR count). The second-order valence-electron chi connectivity index (χ2n) is 4.14. The van der Waals surface area contributed by atoms with Gasteiger partial charge >= 0.3 is 0 Å². The summed E-state index contributed by atoms with van der Waals surface area (Å²) < 4.78 is 5.09. The Hall–Kier alpha value is -1.36. The maximum Gasteiger partial charge on any atom is 0.157 e. The van der Waals surface area contributed by atoms with Crippen LogP contribution in [0.15, 0.2) is 24.3 Å². The van der Waals surface area contributed by atoms with Crippen molar-refractivity contribution in [2.45, 2.75) is 13.5 Å². The Balaban J connectivity index is 2.48. The summed E-state index contributed by atoms with van der Waals surface area (Å²) in [5.41, 5.74) is 1.56. The van der Waals surface area contributed by atoms with Crippen LogP contribution in [0.1, 0.15) is 12.7 Å². The Bertz CT molecular complexity index is 581. The van der Waals surface area contributed by atoms with Gasteiger partial charge in [-0.05, 0) is 25.1 Å². The van der Waals surface area contributed by atoms with Crippen LogP contribution in [0, 0.1) is 0 Å². The molecule has 20 heavy (non-hydrogen) atoms. The molecule has 6 heteroatoms. The molecule has 1 aromatic heterocycles. The van der Waals surface area contributed by atoms with Crippen molar-refractivity contribution in [2.75, 3.05) is 19.0 Å². The van der Waals surface area contributed by atoms with Crippen LogP contribution in [0.4, 0.5) is 5.82 Å². The molecule has 0 amide bonds. The summed E-state index contributed by atoms with van der Waals surface area (Å²) in [6.45, 7) is 3.13. The van der Waals surface area contributed by atoms with Crippen LogP contribution >= 0.6 is 23.2 Å². The van der Waals surface area contributed by atoms with Gasteiger partial charge in [0.25, 0.3) is 0 Å². The van der Waals surface area contributed by atoms with Crippen molar-refractivity contribution in [3.8, 4) is 11.3 Å². The van der Waals surface area contributed by atoms with Crippen LogP contribution in [0.3, 0.4) is 0 Å². The normalized spacial score (nSPS) is 10.6. The van der Waals surface area contributed by atoms with Gasteiger partial charge in [-0.1, -0.05) is 23.2 Å². The predicted octanol–water partition coefficient (Wildman–Crippen LogP) is 4.03. The van der Waals surface area contributed by atoms with Crippen molar-refractivity contribution >= 4 is 29.0 Å². The van der Waals surface area contributed by atoms with Gasteiger partial charge in [0.2, 0.25) is 0 Å². The Labute approximate surface area is 128 Å². The molecule has 0 aliphatic heterocycles. The highest BCUT2D eigenvalue weighted by Crippen LogP contribution is 2.30. The van der Waals surface area contributed by atoms with Gasteiger partial charge in [-0.2, -0.15) is 0 Å².